The Bertz CT molecular complexity index is 1030. The van der Waals surface area contributed by atoms with E-state index in [1.54, 1.807) is 0 Å². The van der Waals surface area contributed by atoms with Crippen molar-refractivity contribution in [3.05, 3.63) is 28.7 Å². The molecule has 1 aliphatic heterocycles. The van der Waals surface area contributed by atoms with Crippen LogP contribution in [0.1, 0.15) is 27.7 Å². The normalized spacial score (nSPS) is 24.6. The molecule has 12 nitrogen and oxygen atoms in total. The maximum absolute atomic E-state index is 13.1. The number of carbonyl (C=O) groups is 4. The van der Waals surface area contributed by atoms with E-state index in [-0.39, 0.29) is 4.90 Å². The number of rotatable bonds is 8. The maximum Gasteiger partial charge on any atom is 0.304 e. The molecule has 0 aliphatic carbocycles. The Kier molecular flexibility index (Phi) is 9.55. The number of hydrogen-bond acceptors (Lipinski definition) is 11. The molecule has 1 aromatic carbocycles. The second kappa shape index (κ2) is 11.7. The minimum absolute atomic E-state index is 0.148. The lowest BCUT2D eigenvalue weighted by Gasteiger charge is -2.44. The van der Waals surface area contributed by atoms with Gasteiger partial charge in [0.1, 0.15) is 18.8 Å². The fourth-order valence-electron chi connectivity index (χ4n) is 3.15. The summed E-state index contributed by atoms with van der Waals surface area (Å²) in [6, 6.07) is 4.08. The quantitative estimate of drug-likeness (QED) is 0.350. The molecule has 34 heavy (non-hydrogen) atoms. The van der Waals surface area contributed by atoms with E-state index in [1.807, 2.05) is 0 Å². The van der Waals surface area contributed by atoms with Gasteiger partial charge in [-0.25, -0.2) is 8.42 Å². The number of sulfonamides is 1. The van der Waals surface area contributed by atoms with Crippen LogP contribution in [0, 0.1) is 0 Å². The number of benzene rings is 1. The highest BCUT2D eigenvalue weighted by Gasteiger charge is 2.53. The summed E-state index contributed by atoms with van der Waals surface area (Å²) in [5, 5.41) is 0. The summed E-state index contributed by atoms with van der Waals surface area (Å²) < 4.78 is 55.4. The standard InChI is InChI=1S/C20H24BrNO11S/c1-10(23)29-9-16-18(30-11(2)24)19(31-12(3)25)17(20(33-16)32-13(4)26)22-34(27,28)15-7-5-14(21)6-8-15/h5-8,16-20,22H,9H2,1-4H3. The molecule has 188 valence electrons. The second-order valence-corrected chi connectivity index (χ2v) is 9.83. The number of carbonyl (C=O) groups excluding carboxylic acids is 4. The molecular weight excluding hydrogens is 542 g/mol. The van der Waals surface area contributed by atoms with Gasteiger partial charge in [-0.2, -0.15) is 4.72 Å². The third-order valence-corrected chi connectivity index (χ3v) is 6.40. The largest absolute Gasteiger partial charge is 0.463 e. The molecule has 5 atom stereocenters. The summed E-state index contributed by atoms with van der Waals surface area (Å²) in [4.78, 5) is 46.6. The minimum atomic E-state index is -4.27. The summed E-state index contributed by atoms with van der Waals surface area (Å²) in [6.07, 6.45) is -5.80. The zero-order chi connectivity index (χ0) is 25.6. The summed E-state index contributed by atoms with van der Waals surface area (Å²) >= 11 is 3.21. The summed E-state index contributed by atoms with van der Waals surface area (Å²) in [5.41, 5.74) is 0. The van der Waals surface area contributed by atoms with E-state index in [4.69, 9.17) is 23.7 Å². The first-order chi connectivity index (χ1) is 15.8. The van der Waals surface area contributed by atoms with E-state index in [0.29, 0.717) is 4.47 Å². The fraction of sp³-hybridized carbons (Fsp3) is 0.500. The molecule has 5 unspecified atom stereocenters. The second-order valence-electron chi connectivity index (χ2n) is 7.20. The maximum atomic E-state index is 13.1. The van der Waals surface area contributed by atoms with E-state index in [9.17, 15) is 27.6 Å². The van der Waals surface area contributed by atoms with Crippen LogP contribution in [0.3, 0.4) is 0 Å². The monoisotopic (exact) mass is 565 g/mol. The van der Waals surface area contributed by atoms with E-state index in [2.05, 4.69) is 20.7 Å². The van der Waals surface area contributed by atoms with Crippen molar-refractivity contribution in [2.24, 2.45) is 0 Å². The van der Waals surface area contributed by atoms with Crippen molar-refractivity contribution >= 4 is 49.8 Å². The van der Waals surface area contributed by atoms with Crippen molar-refractivity contribution in [2.45, 2.75) is 63.2 Å². The van der Waals surface area contributed by atoms with Gasteiger partial charge in [0.05, 0.1) is 4.90 Å². The predicted octanol–water partition coefficient (Wildman–Crippen LogP) is 0.810. The van der Waals surface area contributed by atoms with Crippen LogP contribution in [0.2, 0.25) is 0 Å². The van der Waals surface area contributed by atoms with Crippen molar-refractivity contribution in [1.29, 1.82) is 0 Å². The Morgan fingerprint density at radius 3 is 1.91 bits per heavy atom. The molecule has 0 amide bonds. The smallest absolute Gasteiger partial charge is 0.304 e. The van der Waals surface area contributed by atoms with Crippen LogP contribution in [0.25, 0.3) is 0 Å². The highest BCUT2D eigenvalue weighted by molar-refractivity contribution is 9.10. The molecule has 1 N–H and O–H groups in total. The zero-order valence-electron chi connectivity index (χ0n) is 18.7. The predicted molar refractivity (Wildman–Crippen MR) is 116 cm³/mol. The lowest BCUT2D eigenvalue weighted by Crippen LogP contribution is -2.66. The molecule has 14 heteroatoms. The summed E-state index contributed by atoms with van der Waals surface area (Å²) in [6.45, 7) is 3.86. The molecule has 1 heterocycles. The van der Waals surface area contributed by atoms with E-state index < -0.39 is 71.2 Å². The number of ether oxygens (including phenoxy) is 5. The van der Waals surface area contributed by atoms with Crippen LogP contribution in [0.15, 0.2) is 33.6 Å². The van der Waals surface area contributed by atoms with Crippen molar-refractivity contribution in [3.63, 3.8) is 0 Å². The van der Waals surface area contributed by atoms with Crippen LogP contribution in [0.5, 0.6) is 0 Å². The molecular formula is C20H24BrNO11S. The van der Waals surface area contributed by atoms with Gasteiger partial charge in [0, 0.05) is 32.2 Å². The molecule has 0 radical (unpaired) electrons. The molecule has 0 spiro atoms. The van der Waals surface area contributed by atoms with E-state index in [0.717, 1.165) is 27.7 Å². The van der Waals surface area contributed by atoms with Gasteiger partial charge >= 0.3 is 23.9 Å². The van der Waals surface area contributed by atoms with Crippen molar-refractivity contribution < 1.29 is 51.3 Å². The van der Waals surface area contributed by atoms with Gasteiger partial charge in [0.25, 0.3) is 0 Å². The van der Waals surface area contributed by atoms with Gasteiger partial charge in [0.2, 0.25) is 16.3 Å². The van der Waals surface area contributed by atoms with Gasteiger partial charge in [0.15, 0.2) is 12.2 Å². The van der Waals surface area contributed by atoms with Gasteiger partial charge < -0.3 is 23.7 Å². The highest BCUT2D eigenvalue weighted by atomic mass is 79.9. The number of nitrogens with one attached hydrogen (secondary N) is 1. The van der Waals surface area contributed by atoms with E-state index >= 15 is 0 Å². The first-order valence-electron chi connectivity index (χ1n) is 9.88. The van der Waals surface area contributed by atoms with Crippen molar-refractivity contribution in [1.82, 2.24) is 4.72 Å². The number of halogens is 1. The molecule has 0 bridgehead atoms. The van der Waals surface area contributed by atoms with Crippen LogP contribution < -0.4 is 4.72 Å². The van der Waals surface area contributed by atoms with Crippen molar-refractivity contribution in [3.8, 4) is 0 Å². The molecule has 1 saturated heterocycles. The fourth-order valence-corrected chi connectivity index (χ4v) is 4.65. The lowest BCUT2D eigenvalue weighted by atomic mass is 9.97. The molecule has 2 rings (SSSR count). The molecule has 0 aromatic heterocycles. The first kappa shape index (κ1) is 27.7. The van der Waals surface area contributed by atoms with E-state index in [1.165, 1.54) is 24.3 Å². The summed E-state index contributed by atoms with van der Waals surface area (Å²) in [7, 11) is -4.27. The molecule has 1 fully saturated rings. The molecule has 0 saturated carbocycles. The SMILES string of the molecule is CC(=O)OCC1OC(OC(C)=O)C(NS(=O)(=O)c2ccc(Br)cc2)C(OC(C)=O)C1OC(C)=O. The number of esters is 4. The molecule has 1 aliphatic rings. The average molecular weight is 566 g/mol. The van der Waals surface area contributed by atoms with Crippen LogP contribution >= 0.6 is 15.9 Å². The Morgan fingerprint density at radius 1 is 0.882 bits per heavy atom. The van der Waals surface area contributed by atoms with Crippen LogP contribution in [-0.4, -0.2) is 69.5 Å². The Hall–Kier alpha value is -2.55. The third-order valence-electron chi connectivity index (χ3n) is 4.40. The Balaban J connectivity index is 2.52. The van der Waals surface area contributed by atoms with Gasteiger partial charge in [-0.05, 0) is 24.3 Å². The van der Waals surface area contributed by atoms with Gasteiger partial charge in [-0.15, -0.1) is 0 Å². The molecule has 1 aromatic rings. The van der Waals surface area contributed by atoms with Crippen molar-refractivity contribution in [2.75, 3.05) is 6.61 Å². The van der Waals surface area contributed by atoms with Crippen LogP contribution in [0.4, 0.5) is 0 Å². The average Bonchev–Trinajstić information content (AvgIpc) is 2.70. The van der Waals surface area contributed by atoms with Gasteiger partial charge in [-0.3, -0.25) is 19.2 Å². The highest BCUT2D eigenvalue weighted by Crippen LogP contribution is 2.29. The summed E-state index contributed by atoms with van der Waals surface area (Å²) in [5.74, 6) is -3.17. The lowest BCUT2D eigenvalue weighted by molar-refractivity contribution is -0.269. The van der Waals surface area contributed by atoms with Gasteiger partial charge in [-0.1, -0.05) is 15.9 Å². The zero-order valence-corrected chi connectivity index (χ0v) is 21.1. The topological polar surface area (TPSA) is 161 Å². The Labute approximate surface area is 204 Å². The first-order valence-corrected chi connectivity index (χ1v) is 12.2. The Morgan fingerprint density at radius 2 is 1.41 bits per heavy atom. The number of hydrogen-bond donors (Lipinski definition) is 1. The third kappa shape index (κ3) is 7.75. The minimum Gasteiger partial charge on any atom is -0.463 e. The van der Waals surface area contributed by atoms with Crippen LogP contribution in [-0.2, 0) is 52.9 Å².